The number of benzene rings is 1. The molecule has 1 atom stereocenters. The van der Waals surface area contributed by atoms with E-state index in [9.17, 15) is 5.11 Å². The van der Waals surface area contributed by atoms with Crippen molar-refractivity contribution in [3.05, 3.63) is 65.5 Å². The summed E-state index contributed by atoms with van der Waals surface area (Å²) in [7, 11) is 0. The fourth-order valence-electron chi connectivity index (χ4n) is 2.78. The Labute approximate surface area is 120 Å². The summed E-state index contributed by atoms with van der Waals surface area (Å²) in [6.45, 7) is 0. The largest absolute Gasteiger partial charge is 0.388 e. The van der Waals surface area contributed by atoms with E-state index in [-0.39, 0.29) is 6.10 Å². The van der Waals surface area contributed by atoms with E-state index in [2.05, 4.69) is 23.2 Å². The van der Waals surface area contributed by atoms with Crippen molar-refractivity contribution in [1.29, 1.82) is 0 Å². The minimum absolute atomic E-state index is 0.372. The van der Waals surface area contributed by atoms with Crippen molar-refractivity contribution in [3.63, 3.8) is 0 Å². The van der Waals surface area contributed by atoms with Crippen molar-refractivity contribution in [2.75, 3.05) is 0 Å². The van der Waals surface area contributed by atoms with Crippen LogP contribution in [0.2, 0.25) is 0 Å². The molecule has 1 N–H and O–H groups in total. The van der Waals surface area contributed by atoms with E-state index < -0.39 is 0 Å². The van der Waals surface area contributed by atoms with Gasteiger partial charge in [0.1, 0.15) is 0 Å². The van der Waals surface area contributed by atoms with E-state index in [0.717, 1.165) is 24.3 Å². The summed E-state index contributed by atoms with van der Waals surface area (Å²) in [5.74, 6) is 0.724. The van der Waals surface area contributed by atoms with Gasteiger partial charge in [-0.2, -0.15) is 0 Å². The number of rotatable bonds is 5. The number of hydrogen-bond acceptors (Lipinski definition) is 2. The highest BCUT2D eigenvalue weighted by atomic mass is 16.3. The van der Waals surface area contributed by atoms with Gasteiger partial charge in [0.25, 0.3) is 0 Å². The number of hydrogen-bond donors (Lipinski definition) is 1. The molecule has 1 aliphatic rings. The third-order valence-electron chi connectivity index (χ3n) is 4.33. The van der Waals surface area contributed by atoms with Gasteiger partial charge in [0, 0.05) is 12.4 Å². The van der Waals surface area contributed by atoms with E-state index in [4.69, 9.17) is 0 Å². The zero-order chi connectivity index (χ0) is 13.8. The lowest BCUT2D eigenvalue weighted by Gasteiger charge is -2.26. The van der Waals surface area contributed by atoms with Crippen molar-refractivity contribution >= 4 is 0 Å². The predicted octanol–water partition coefficient (Wildman–Crippen LogP) is 4.02. The Morgan fingerprint density at radius 1 is 1.15 bits per heavy atom. The van der Waals surface area contributed by atoms with Crippen LogP contribution in [0.3, 0.4) is 0 Å². The van der Waals surface area contributed by atoms with Crippen LogP contribution in [0.15, 0.2) is 48.8 Å². The van der Waals surface area contributed by atoms with Gasteiger partial charge in [0.05, 0.1) is 6.10 Å². The Kier molecular flexibility index (Phi) is 4.12. The van der Waals surface area contributed by atoms with Gasteiger partial charge in [-0.3, -0.25) is 4.98 Å². The van der Waals surface area contributed by atoms with Gasteiger partial charge in [-0.05, 0) is 60.4 Å². The van der Waals surface area contributed by atoms with Crippen molar-refractivity contribution in [2.24, 2.45) is 0 Å². The number of pyridine rings is 1. The molecule has 0 aliphatic heterocycles. The maximum absolute atomic E-state index is 10.4. The smallest absolute Gasteiger partial charge is 0.0793 e. The first-order chi connectivity index (χ1) is 9.83. The zero-order valence-electron chi connectivity index (χ0n) is 11.7. The highest BCUT2D eigenvalue weighted by Gasteiger charge is 2.20. The summed E-state index contributed by atoms with van der Waals surface area (Å²) in [5, 5.41) is 10.4. The molecule has 2 nitrogen and oxygen atoms in total. The summed E-state index contributed by atoms with van der Waals surface area (Å²) >= 11 is 0. The van der Waals surface area contributed by atoms with E-state index in [1.165, 1.54) is 30.4 Å². The molecule has 20 heavy (non-hydrogen) atoms. The molecule has 2 aromatic rings. The predicted molar refractivity (Wildman–Crippen MR) is 80.6 cm³/mol. The molecule has 1 aromatic carbocycles. The molecule has 1 heterocycles. The molecule has 1 fully saturated rings. The van der Waals surface area contributed by atoms with Gasteiger partial charge >= 0.3 is 0 Å². The zero-order valence-corrected chi connectivity index (χ0v) is 11.7. The molecule has 104 valence electrons. The first-order valence-corrected chi connectivity index (χ1v) is 7.50. The fourth-order valence-corrected chi connectivity index (χ4v) is 2.78. The Hall–Kier alpha value is -1.67. The minimum atomic E-state index is -0.372. The standard InChI is InChI=1S/C18H21NO/c20-18(8-7-14-9-11-19-12-10-14)17-6-2-5-16(13-17)15-3-1-4-15/h2,5-6,9-13,15,18,20H,1,3-4,7-8H2. The number of aliphatic hydroxyl groups is 1. The molecule has 1 unspecified atom stereocenters. The number of aromatic nitrogens is 1. The number of aliphatic hydroxyl groups excluding tert-OH is 1. The van der Waals surface area contributed by atoms with Gasteiger partial charge in [0.2, 0.25) is 0 Å². The maximum Gasteiger partial charge on any atom is 0.0793 e. The quantitative estimate of drug-likeness (QED) is 0.887. The van der Waals surface area contributed by atoms with Crippen LogP contribution >= 0.6 is 0 Å². The molecule has 0 radical (unpaired) electrons. The number of nitrogens with zero attached hydrogens (tertiary/aromatic N) is 1. The average molecular weight is 267 g/mol. The lowest BCUT2D eigenvalue weighted by Crippen LogP contribution is -2.09. The second-order valence-corrected chi connectivity index (χ2v) is 5.71. The van der Waals surface area contributed by atoms with Crippen LogP contribution in [0.1, 0.15) is 54.4 Å². The van der Waals surface area contributed by atoms with Crippen molar-refractivity contribution in [2.45, 2.75) is 44.1 Å². The maximum atomic E-state index is 10.4. The third-order valence-corrected chi connectivity index (χ3v) is 4.33. The minimum Gasteiger partial charge on any atom is -0.388 e. The highest BCUT2D eigenvalue weighted by molar-refractivity contribution is 5.29. The molecule has 0 spiro atoms. The summed E-state index contributed by atoms with van der Waals surface area (Å²) in [5.41, 5.74) is 3.69. The Morgan fingerprint density at radius 3 is 2.65 bits per heavy atom. The van der Waals surface area contributed by atoms with Crippen LogP contribution in [0.25, 0.3) is 0 Å². The first-order valence-electron chi connectivity index (χ1n) is 7.50. The second kappa shape index (κ2) is 6.19. The van der Waals surface area contributed by atoms with Crippen LogP contribution in [-0.4, -0.2) is 10.1 Å². The molecule has 0 bridgehead atoms. The Morgan fingerprint density at radius 2 is 1.95 bits per heavy atom. The summed E-state index contributed by atoms with van der Waals surface area (Å²) in [4.78, 5) is 4.01. The van der Waals surface area contributed by atoms with E-state index in [0.29, 0.717) is 0 Å². The van der Waals surface area contributed by atoms with Crippen LogP contribution in [0.4, 0.5) is 0 Å². The van der Waals surface area contributed by atoms with Gasteiger partial charge in [-0.15, -0.1) is 0 Å². The van der Waals surface area contributed by atoms with E-state index in [1.807, 2.05) is 18.2 Å². The number of aryl methyl sites for hydroxylation is 1. The molecular weight excluding hydrogens is 246 g/mol. The van der Waals surface area contributed by atoms with Gasteiger partial charge in [-0.25, -0.2) is 0 Å². The van der Waals surface area contributed by atoms with Crippen molar-refractivity contribution in [3.8, 4) is 0 Å². The molecule has 0 saturated heterocycles. The van der Waals surface area contributed by atoms with Gasteiger partial charge in [-0.1, -0.05) is 30.7 Å². The highest BCUT2D eigenvalue weighted by Crippen LogP contribution is 2.37. The molecule has 1 saturated carbocycles. The fraction of sp³-hybridized carbons (Fsp3) is 0.389. The molecule has 1 aliphatic carbocycles. The third kappa shape index (κ3) is 3.07. The van der Waals surface area contributed by atoms with Crippen LogP contribution in [0.5, 0.6) is 0 Å². The summed E-state index contributed by atoms with van der Waals surface area (Å²) in [6, 6.07) is 12.5. The van der Waals surface area contributed by atoms with Gasteiger partial charge in [0.15, 0.2) is 0 Å². The summed E-state index contributed by atoms with van der Waals surface area (Å²) < 4.78 is 0. The lowest BCUT2D eigenvalue weighted by atomic mass is 9.79. The summed E-state index contributed by atoms with van der Waals surface area (Å²) in [6.07, 6.45) is 8.84. The van der Waals surface area contributed by atoms with E-state index >= 15 is 0 Å². The van der Waals surface area contributed by atoms with E-state index in [1.54, 1.807) is 12.4 Å². The Balaban J connectivity index is 1.63. The van der Waals surface area contributed by atoms with Crippen molar-refractivity contribution < 1.29 is 5.11 Å². The van der Waals surface area contributed by atoms with Crippen molar-refractivity contribution in [1.82, 2.24) is 4.98 Å². The molecular formula is C18H21NO. The van der Waals surface area contributed by atoms with Crippen LogP contribution in [-0.2, 0) is 6.42 Å². The monoisotopic (exact) mass is 267 g/mol. The molecule has 3 rings (SSSR count). The SMILES string of the molecule is OC(CCc1ccncc1)c1cccc(C2CCC2)c1. The van der Waals surface area contributed by atoms with Crippen LogP contribution in [0, 0.1) is 0 Å². The Bertz CT molecular complexity index is 548. The van der Waals surface area contributed by atoms with Crippen LogP contribution < -0.4 is 0 Å². The normalized spacial score (nSPS) is 16.6. The molecule has 1 aromatic heterocycles. The topological polar surface area (TPSA) is 33.1 Å². The van der Waals surface area contributed by atoms with Gasteiger partial charge < -0.3 is 5.11 Å². The average Bonchev–Trinajstić information content (AvgIpc) is 2.44. The lowest BCUT2D eigenvalue weighted by molar-refractivity contribution is 0.167. The second-order valence-electron chi connectivity index (χ2n) is 5.71. The molecule has 2 heteroatoms. The molecule has 0 amide bonds. The first kappa shape index (κ1) is 13.3.